The molecule has 0 amide bonds. The van der Waals surface area contributed by atoms with Crippen LogP contribution in [0.5, 0.6) is 11.5 Å². The largest absolute Gasteiger partial charge is 0.484 e. The predicted octanol–water partition coefficient (Wildman–Crippen LogP) is 3.08. The number of hydrogen-bond acceptors (Lipinski definition) is 3. The van der Waals surface area contributed by atoms with E-state index in [1.165, 1.54) is 5.56 Å². The summed E-state index contributed by atoms with van der Waals surface area (Å²) in [6, 6.07) is 6.05. The van der Waals surface area contributed by atoms with Crippen LogP contribution in [0.2, 0.25) is 0 Å². The molecule has 3 nitrogen and oxygen atoms in total. The molecule has 2 aliphatic rings. The summed E-state index contributed by atoms with van der Waals surface area (Å²) in [6.45, 7) is 4.18. The normalized spacial score (nSPS) is 28.6. The second-order valence-corrected chi connectivity index (χ2v) is 6.29. The van der Waals surface area contributed by atoms with Gasteiger partial charge in [-0.15, -0.1) is 0 Å². The second-order valence-electron chi connectivity index (χ2n) is 6.29. The quantitative estimate of drug-likeness (QED) is 0.890. The molecule has 1 heterocycles. The Balaban J connectivity index is 1.81. The summed E-state index contributed by atoms with van der Waals surface area (Å²) in [5, 5.41) is 10.0. The lowest BCUT2D eigenvalue weighted by molar-refractivity contribution is 0.00428. The third kappa shape index (κ3) is 2.57. The van der Waals surface area contributed by atoms with Crippen molar-refractivity contribution in [1.29, 1.82) is 0 Å². The van der Waals surface area contributed by atoms with Gasteiger partial charge < -0.3 is 14.6 Å². The molecule has 1 aromatic rings. The summed E-state index contributed by atoms with van der Waals surface area (Å²) in [6.07, 6.45) is 4.46. The van der Waals surface area contributed by atoms with Crippen LogP contribution in [-0.2, 0) is 6.42 Å². The summed E-state index contributed by atoms with van der Waals surface area (Å²) >= 11 is 0. The molecule has 1 fully saturated rings. The summed E-state index contributed by atoms with van der Waals surface area (Å²) in [7, 11) is 0. The highest BCUT2D eigenvalue weighted by Crippen LogP contribution is 2.42. The Kier molecular flexibility index (Phi) is 3.17. The first-order valence-corrected chi connectivity index (χ1v) is 7.21. The maximum Gasteiger partial charge on any atom is 0.165 e. The molecule has 0 spiro atoms. The van der Waals surface area contributed by atoms with Crippen molar-refractivity contribution < 1.29 is 14.6 Å². The van der Waals surface area contributed by atoms with Crippen LogP contribution in [0.1, 0.15) is 45.1 Å². The highest BCUT2D eigenvalue weighted by molar-refractivity contribution is 5.50. The molecule has 1 aliphatic heterocycles. The fourth-order valence-corrected chi connectivity index (χ4v) is 3.06. The fourth-order valence-electron chi connectivity index (χ4n) is 3.06. The van der Waals surface area contributed by atoms with Gasteiger partial charge in [-0.2, -0.15) is 0 Å². The molecule has 0 bridgehead atoms. The van der Waals surface area contributed by atoms with Crippen molar-refractivity contribution in [2.24, 2.45) is 0 Å². The summed E-state index contributed by atoms with van der Waals surface area (Å²) in [4.78, 5) is 0. The average molecular weight is 262 g/mol. The van der Waals surface area contributed by atoms with Gasteiger partial charge in [0.15, 0.2) is 11.5 Å². The van der Waals surface area contributed by atoms with Gasteiger partial charge in [0, 0.05) is 12.0 Å². The molecule has 19 heavy (non-hydrogen) atoms. The van der Waals surface area contributed by atoms with Crippen molar-refractivity contribution in [3.8, 4) is 11.5 Å². The summed E-state index contributed by atoms with van der Waals surface area (Å²) in [5.74, 6) is 1.65. The van der Waals surface area contributed by atoms with Gasteiger partial charge >= 0.3 is 0 Å². The number of benzene rings is 1. The van der Waals surface area contributed by atoms with Crippen LogP contribution < -0.4 is 9.47 Å². The molecule has 1 aliphatic carbocycles. The lowest BCUT2D eigenvalue weighted by Crippen LogP contribution is -2.34. The van der Waals surface area contributed by atoms with E-state index in [4.69, 9.17) is 9.47 Å². The number of aliphatic hydroxyl groups excluding tert-OH is 1. The van der Waals surface area contributed by atoms with Crippen LogP contribution in [-0.4, -0.2) is 22.9 Å². The van der Waals surface area contributed by atoms with Crippen molar-refractivity contribution in [3.63, 3.8) is 0 Å². The van der Waals surface area contributed by atoms with Crippen LogP contribution in [0, 0.1) is 0 Å². The van der Waals surface area contributed by atoms with E-state index < -0.39 is 0 Å². The van der Waals surface area contributed by atoms with E-state index in [2.05, 4.69) is 19.9 Å². The molecule has 0 saturated heterocycles. The predicted molar refractivity (Wildman–Crippen MR) is 73.7 cm³/mol. The zero-order valence-electron chi connectivity index (χ0n) is 11.7. The van der Waals surface area contributed by atoms with Gasteiger partial charge in [-0.05, 0) is 39.2 Å². The lowest BCUT2D eigenvalue weighted by Gasteiger charge is -2.29. The Labute approximate surface area is 114 Å². The third-order valence-electron chi connectivity index (χ3n) is 4.00. The van der Waals surface area contributed by atoms with Gasteiger partial charge in [0.25, 0.3) is 0 Å². The lowest BCUT2D eigenvalue weighted by atomic mass is 9.95. The number of hydrogen-bond donors (Lipinski definition) is 1. The molecule has 104 valence electrons. The van der Waals surface area contributed by atoms with Crippen LogP contribution in [0.3, 0.4) is 0 Å². The standard InChI is InChI=1S/C16H22O3/c1-16(2)10-11-6-5-9-14(15(11)19-16)18-13-8-4-3-7-12(13)17/h5-6,9,12-13,17H,3-4,7-8,10H2,1-2H3. The molecule has 0 radical (unpaired) electrons. The van der Waals surface area contributed by atoms with E-state index in [0.29, 0.717) is 0 Å². The van der Waals surface area contributed by atoms with Crippen molar-refractivity contribution in [3.05, 3.63) is 23.8 Å². The molecule has 0 aromatic heterocycles. The molecule has 2 unspecified atom stereocenters. The molecule has 3 rings (SSSR count). The minimum atomic E-state index is -0.348. The molecule has 1 aromatic carbocycles. The fraction of sp³-hybridized carbons (Fsp3) is 0.625. The van der Waals surface area contributed by atoms with E-state index in [0.717, 1.165) is 43.6 Å². The topological polar surface area (TPSA) is 38.7 Å². The first kappa shape index (κ1) is 12.8. The van der Waals surface area contributed by atoms with Gasteiger partial charge in [-0.1, -0.05) is 18.6 Å². The van der Waals surface area contributed by atoms with Gasteiger partial charge in [-0.3, -0.25) is 0 Å². The van der Waals surface area contributed by atoms with E-state index in [1.54, 1.807) is 0 Å². The number of aliphatic hydroxyl groups is 1. The summed E-state index contributed by atoms with van der Waals surface area (Å²) < 4.78 is 12.0. The van der Waals surface area contributed by atoms with Gasteiger partial charge in [0.05, 0.1) is 6.10 Å². The Morgan fingerprint density at radius 1 is 1.26 bits per heavy atom. The van der Waals surface area contributed by atoms with E-state index in [1.807, 2.05) is 12.1 Å². The highest BCUT2D eigenvalue weighted by atomic mass is 16.5. The number of rotatable bonds is 2. The highest BCUT2D eigenvalue weighted by Gasteiger charge is 2.33. The average Bonchev–Trinajstić information content (AvgIpc) is 2.67. The van der Waals surface area contributed by atoms with E-state index in [-0.39, 0.29) is 17.8 Å². The van der Waals surface area contributed by atoms with Crippen molar-refractivity contribution in [2.45, 2.75) is 63.8 Å². The molecular formula is C16H22O3. The smallest absolute Gasteiger partial charge is 0.165 e. The number of fused-ring (bicyclic) bond motifs is 1. The molecular weight excluding hydrogens is 240 g/mol. The maximum absolute atomic E-state index is 10.0. The Bertz CT molecular complexity index is 467. The molecule has 2 atom stereocenters. The maximum atomic E-state index is 10.0. The molecule has 1 saturated carbocycles. The Morgan fingerprint density at radius 2 is 2.05 bits per heavy atom. The minimum Gasteiger partial charge on any atom is -0.484 e. The zero-order chi connectivity index (χ0) is 13.5. The minimum absolute atomic E-state index is 0.0902. The first-order valence-electron chi connectivity index (χ1n) is 7.21. The molecule has 1 N–H and O–H groups in total. The van der Waals surface area contributed by atoms with Crippen molar-refractivity contribution in [1.82, 2.24) is 0 Å². The Hall–Kier alpha value is -1.22. The number of para-hydroxylation sites is 1. The van der Waals surface area contributed by atoms with Gasteiger partial charge in [0.1, 0.15) is 11.7 Å². The Morgan fingerprint density at radius 3 is 2.84 bits per heavy atom. The van der Waals surface area contributed by atoms with Crippen LogP contribution in [0.15, 0.2) is 18.2 Å². The monoisotopic (exact) mass is 262 g/mol. The summed E-state index contributed by atoms with van der Waals surface area (Å²) in [5.41, 5.74) is 1.04. The van der Waals surface area contributed by atoms with E-state index >= 15 is 0 Å². The first-order chi connectivity index (χ1) is 9.05. The second kappa shape index (κ2) is 4.71. The number of ether oxygens (including phenoxy) is 2. The SMILES string of the molecule is CC1(C)Cc2cccc(OC3CCCCC3O)c2O1. The van der Waals surface area contributed by atoms with Gasteiger partial charge in [0.2, 0.25) is 0 Å². The van der Waals surface area contributed by atoms with Crippen LogP contribution >= 0.6 is 0 Å². The van der Waals surface area contributed by atoms with Crippen LogP contribution in [0.25, 0.3) is 0 Å². The van der Waals surface area contributed by atoms with Crippen molar-refractivity contribution >= 4 is 0 Å². The van der Waals surface area contributed by atoms with Crippen molar-refractivity contribution in [2.75, 3.05) is 0 Å². The molecule has 3 heteroatoms. The third-order valence-corrected chi connectivity index (χ3v) is 4.00. The van der Waals surface area contributed by atoms with Crippen LogP contribution in [0.4, 0.5) is 0 Å². The van der Waals surface area contributed by atoms with E-state index in [9.17, 15) is 5.11 Å². The van der Waals surface area contributed by atoms with Gasteiger partial charge in [-0.25, -0.2) is 0 Å². The zero-order valence-corrected chi connectivity index (χ0v) is 11.7.